The number of amides is 1. The van der Waals surface area contributed by atoms with Gasteiger partial charge < -0.3 is 14.8 Å². The summed E-state index contributed by atoms with van der Waals surface area (Å²) >= 11 is 4.45. The number of nitrogens with one attached hydrogen (secondary N) is 1. The lowest BCUT2D eigenvalue weighted by molar-refractivity contribution is -0.384. The van der Waals surface area contributed by atoms with Crippen molar-refractivity contribution in [2.75, 3.05) is 13.7 Å². The van der Waals surface area contributed by atoms with Crippen LogP contribution in [0.15, 0.2) is 50.8 Å². The Labute approximate surface area is 179 Å². The minimum absolute atomic E-state index is 0.0471. The van der Waals surface area contributed by atoms with Gasteiger partial charge in [0.1, 0.15) is 0 Å². The third kappa shape index (κ3) is 4.96. The molecule has 0 radical (unpaired) electrons. The molecule has 0 saturated carbocycles. The Balaban J connectivity index is 1.84. The van der Waals surface area contributed by atoms with Gasteiger partial charge in [0.25, 0.3) is 11.6 Å². The Hall–Kier alpha value is -2.85. The number of nitro groups is 1. The van der Waals surface area contributed by atoms with Crippen LogP contribution in [0.4, 0.5) is 11.4 Å². The van der Waals surface area contributed by atoms with Crippen molar-refractivity contribution in [3.63, 3.8) is 0 Å². The van der Waals surface area contributed by atoms with Crippen LogP contribution in [0.2, 0.25) is 0 Å². The van der Waals surface area contributed by atoms with E-state index in [9.17, 15) is 14.9 Å². The minimum Gasteiger partial charge on any atom is -0.493 e. The molecule has 0 aliphatic carbocycles. The quantitative estimate of drug-likeness (QED) is 0.368. The molecule has 1 saturated heterocycles. The van der Waals surface area contributed by atoms with Crippen LogP contribution in [0.3, 0.4) is 0 Å². The van der Waals surface area contributed by atoms with E-state index in [1.54, 1.807) is 25.3 Å². The van der Waals surface area contributed by atoms with Crippen LogP contribution in [0, 0.1) is 10.1 Å². The van der Waals surface area contributed by atoms with Gasteiger partial charge in [-0.2, -0.15) is 0 Å². The number of aliphatic imine (C=N–C) groups is 1. The molecule has 10 heteroatoms. The second kappa shape index (κ2) is 9.10. The van der Waals surface area contributed by atoms with Crippen LogP contribution in [-0.2, 0) is 4.79 Å². The molecule has 2 aromatic rings. The fraction of sp³-hybridized carbons (Fsp3) is 0.158. The fourth-order valence-corrected chi connectivity index (χ4v) is 3.78. The molecular weight excluding hydrogens is 462 g/mol. The lowest BCUT2D eigenvalue weighted by atomic mass is 10.2. The monoisotopic (exact) mass is 477 g/mol. The number of halogens is 1. The van der Waals surface area contributed by atoms with Gasteiger partial charge in [-0.25, -0.2) is 4.99 Å². The molecule has 2 aromatic carbocycles. The Morgan fingerprint density at radius 2 is 2.07 bits per heavy atom. The maximum Gasteiger partial charge on any atom is 0.270 e. The van der Waals surface area contributed by atoms with Crippen molar-refractivity contribution in [3.8, 4) is 11.5 Å². The topological polar surface area (TPSA) is 103 Å². The molecule has 3 rings (SSSR count). The molecule has 1 aliphatic rings. The fourth-order valence-electron chi connectivity index (χ4n) is 2.49. The van der Waals surface area contributed by atoms with Crippen LogP contribution in [0.5, 0.6) is 11.5 Å². The molecular formula is C19H16BrN3O5S. The van der Waals surface area contributed by atoms with E-state index in [1.807, 2.05) is 13.0 Å². The first-order chi connectivity index (χ1) is 13.9. The molecule has 1 amide bonds. The van der Waals surface area contributed by atoms with Crippen LogP contribution < -0.4 is 14.8 Å². The number of nitrogens with zero attached hydrogens (tertiary/aromatic N) is 2. The van der Waals surface area contributed by atoms with Crippen molar-refractivity contribution < 1.29 is 19.2 Å². The highest BCUT2D eigenvalue weighted by atomic mass is 79.9. The molecule has 0 bridgehead atoms. The van der Waals surface area contributed by atoms with Gasteiger partial charge in [-0.3, -0.25) is 14.9 Å². The SMILES string of the molecule is CCOc1cc(/C=C2/SC(=Nc3ccc([N+](=O)[O-])cc3Br)NC2=O)ccc1OC. The third-order valence-electron chi connectivity index (χ3n) is 3.80. The van der Waals surface area contributed by atoms with Gasteiger partial charge in [0.05, 0.1) is 33.7 Å². The number of nitro benzene ring substituents is 1. The predicted octanol–water partition coefficient (Wildman–Crippen LogP) is 4.66. The molecule has 150 valence electrons. The van der Waals surface area contributed by atoms with Gasteiger partial charge in [0, 0.05) is 12.1 Å². The summed E-state index contributed by atoms with van der Waals surface area (Å²) in [5.74, 6) is 0.930. The molecule has 0 spiro atoms. The summed E-state index contributed by atoms with van der Waals surface area (Å²) in [6.07, 6.45) is 1.73. The highest BCUT2D eigenvalue weighted by Gasteiger charge is 2.24. The number of carbonyl (C=O) groups is 1. The van der Waals surface area contributed by atoms with E-state index < -0.39 is 4.92 Å². The van der Waals surface area contributed by atoms with Crippen molar-refractivity contribution in [3.05, 3.63) is 61.5 Å². The van der Waals surface area contributed by atoms with Crippen LogP contribution in [0.25, 0.3) is 6.08 Å². The van der Waals surface area contributed by atoms with Gasteiger partial charge in [-0.15, -0.1) is 0 Å². The number of ether oxygens (including phenoxy) is 2. The first kappa shape index (κ1) is 20.9. The lowest BCUT2D eigenvalue weighted by Gasteiger charge is -2.09. The molecule has 1 N–H and O–H groups in total. The number of hydrogen-bond donors (Lipinski definition) is 1. The molecule has 0 unspecified atom stereocenters. The predicted molar refractivity (Wildman–Crippen MR) is 116 cm³/mol. The Morgan fingerprint density at radius 3 is 2.72 bits per heavy atom. The maximum absolute atomic E-state index is 12.3. The number of rotatable bonds is 6. The van der Waals surface area contributed by atoms with Crippen molar-refractivity contribution in [2.24, 2.45) is 4.99 Å². The van der Waals surface area contributed by atoms with Crippen molar-refractivity contribution >= 4 is 56.2 Å². The standard InChI is InChI=1S/C19H16BrN3O5S/c1-3-28-16-8-11(4-7-15(16)27-2)9-17-18(24)22-19(29-17)21-14-6-5-12(23(25)26)10-13(14)20/h4-10H,3H2,1-2H3,(H,21,22,24)/b17-9+. The number of amidine groups is 1. The van der Waals surface area contributed by atoms with Gasteiger partial charge in [0.15, 0.2) is 16.7 Å². The van der Waals surface area contributed by atoms with Crippen molar-refractivity contribution in [1.82, 2.24) is 5.32 Å². The Bertz CT molecular complexity index is 1040. The molecule has 0 atom stereocenters. The highest BCUT2D eigenvalue weighted by molar-refractivity contribution is 9.10. The van der Waals surface area contributed by atoms with E-state index in [0.29, 0.717) is 38.3 Å². The molecule has 1 fully saturated rings. The molecule has 0 aromatic heterocycles. The Morgan fingerprint density at radius 1 is 1.28 bits per heavy atom. The molecule has 29 heavy (non-hydrogen) atoms. The van der Waals surface area contributed by atoms with Gasteiger partial charge in [0.2, 0.25) is 0 Å². The van der Waals surface area contributed by atoms with E-state index >= 15 is 0 Å². The van der Waals surface area contributed by atoms with Gasteiger partial charge in [-0.1, -0.05) is 6.07 Å². The summed E-state index contributed by atoms with van der Waals surface area (Å²) in [6, 6.07) is 9.63. The summed E-state index contributed by atoms with van der Waals surface area (Å²) in [5, 5.41) is 13.9. The number of methoxy groups -OCH3 is 1. The van der Waals surface area contributed by atoms with Crippen molar-refractivity contribution in [1.29, 1.82) is 0 Å². The second-order valence-corrected chi connectivity index (χ2v) is 7.60. The average Bonchev–Trinajstić information content (AvgIpc) is 3.02. The summed E-state index contributed by atoms with van der Waals surface area (Å²) in [7, 11) is 1.56. The van der Waals surface area contributed by atoms with E-state index in [-0.39, 0.29) is 11.6 Å². The summed E-state index contributed by atoms with van der Waals surface area (Å²) in [4.78, 5) is 27.5. The number of hydrogen-bond acceptors (Lipinski definition) is 7. The Kier molecular flexibility index (Phi) is 6.55. The van der Waals surface area contributed by atoms with Crippen LogP contribution in [-0.4, -0.2) is 29.7 Å². The van der Waals surface area contributed by atoms with Gasteiger partial charge in [-0.05, 0) is 64.5 Å². The number of thioether (sulfide) groups is 1. The summed E-state index contributed by atoms with van der Waals surface area (Å²) in [5.41, 5.74) is 1.21. The normalized spacial score (nSPS) is 16.2. The highest BCUT2D eigenvalue weighted by Crippen LogP contribution is 2.34. The largest absolute Gasteiger partial charge is 0.493 e. The number of benzene rings is 2. The molecule has 1 heterocycles. The summed E-state index contributed by atoms with van der Waals surface area (Å²) in [6.45, 7) is 2.37. The maximum atomic E-state index is 12.3. The zero-order valence-corrected chi connectivity index (χ0v) is 17.9. The van der Waals surface area contributed by atoms with Crippen LogP contribution >= 0.6 is 27.7 Å². The first-order valence-electron chi connectivity index (χ1n) is 8.45. The van der Waals surface area contributed by atoms with E-state index in [4.69, 9.17) is 9.47 Å². The first-order valence-corrected chi connectivity index (χ1v) is 10.1. The van der Waals surface area contributed by atoms with E-state index in [2.05, 4.69) is 26.2 Å². The van der Waals surface area contributed by atoms with Crippen molar-refractivity contribution in [2.45, 2.75) is 6.92 Å². The average molecular weight is 478 g/mol. The van der Waals surface area contributed by atoms with E-state index in [1.165, 1.54) is 30.0 Å². The molecule has 1 aliphatic heterocycles. The zero-order valence-electron chi connectivity index (χ0n) is 15.5. The smallest absolute Gasteiger partial charge is 0.270 e. The van der Waals surface area contributed by atoms with Gasteiger partial charge >= 0.3 is 0 Å². The summed E-state index contributed by atoms with van der Waals surface area (Å²) < 4.78 is 11.3. The number of non-ortho nitro benzene ring substituents is 1. The third-order valence-corrected chi connectivity index (χ3v) is 5.35. The van der Waals surface area contributed by atoms with E-state index in [0.717, 1.165) is 5.56 Å². The number of carbonyl (C=O) groups excluding carboxylic acids is 1. The minimum atomic E-state index is -0.486. The van der Waals surface area contributed by atoms with Crippen LogP contribution in [0.1, 0.15) is 12.5 Å². The second-order valence-electron chi connectivity index (χ2n) is 5.72. The lowest BCUT2D eigenvalue weighted by Crippen LogP contribution is -2.19. The molecule has 8 nitrogen and oxygen atoms in total. The zero-order chi connectivity index (χ0) is 21.0.